The smallest absolute Gasteiger partial charge is 0.193 e. The number of rotatable bonds is 7. The first kappa shape index (κ1) is 21.8. The molecule has 0 aromatic rings. The zero-order valence-electron chi connectivity index (χ0n) is 18.5. The van der Waals surface area contributed by atoms with Crippen molar-refractivity contribution in [1.29, 1.82) is 0 Å². The summed E-state index contributed by atoms with van der Waals surface area (Å²) in [5.41, 5.74) is 0. The van der Waals surface area contributed by atoms with Gasteiger partial charge in [0.25, 0.3) is 0 Å². The zero-order valence-corrected chi connectivity index (χ0v) is 18.5. The van der Waals surface area contributed by atoms with Gasteiger partial charge in [0.05, 0.1) is 13.2 Å². The molecule has 0 aliphatic carbocycles. The fourth-order valence-electron chi connectivity index (χ4n) is 5.21. The molecule has 0 spiro atoms. The van der Waals surface area contributed by atoms with E-state index in [-0.39, 0.29) is 0 Å². The lowest BCUT2D eigenvalue weighted by Gasteiger charge is -2.34. The van der Waals surface area contributed by atoms with Crippen LogP contribution < -0.4 is 5.32 Å². The van der Waals surface area contributed by atoms with Crippen LogP contribution in [0.2, 0.25) is 0 Å². The molecule has 0 radical (unpaired) electrons. The molecular formula is C22H43N5O. The average Bonchev–Trinajstić information content (AvgIpc) is 3.17. The Bertz CT molecular complexity index is 470. The lowest BCUT2D eigenvalue weighted by Crippen LogP contribution is -2.46. The molecule has 3 aliphatic heterocycles. The summed E-state index contributed by atoms with van der Waals surface area (Å²) in [6.45, 7) is 18.8. The quantitative estimate of drug-likeness (QED) is 0.408. The van der Waals surface area contributed by atoms with E-state index < -0.39 is 0 Å². The molecule has 3 atom stereocenters. The second-order valence-electron chi connectivity index (χ2n) is 9.19. The Morgan fingerprint density at radius 2 is 1.79 bits per heavy atom. The number of unbranched alkanes of at least 4 members (excludes halogenated alkanes) is 1. The Balaban J connectivity index is 1.39. The van der Waals surface area contributed by atoms with Gasteiger partial charge in [0.1, 0.15) is 0 Å². The van der Waals surface area contributed by atoms with Gasteiger partial charge in [0.15, 0.2) is 5.96 Å². The highest BCUT2D eigenvalue weighted by molar-refractivity contribution is 5.80. The number of hydrogen-bond acceptors (Lipinski definition) is 4. The van der Waals surface area contributed by atoms with Crippen molar-refractivity contribution >= 4 is 5.96 Å². The zero-order chi connectivity index (χ0) is 19.8. The molecule has 0 bridgehead atoms. The molecule has 0 saturated carbocycles. The monoisotopic (exact) mass is 393 g/mol. The molecule has 162 valence electrons. The Morgan fingerprint density at radius 1 is 1.04 bits per heavy atom. The molecule has 0 aromatic heterocycles. The van der Waals surface area contributed by atoms with Gasteiger partial charge in [-0.05, 0) is 51.0 Å². The van der Waals surface area contributed by atoms with Crippen molar-refractivity contribution in [3.05, 3.63) is 0 Å². The Labute approximate surface area is 172 Å². The molecule has 0 amide bonds. The molecule has 3 heterocycles. The largest absolute Gasteiger partial charge is 0.379 e. The summed E-state index contributed by atoms with van der Waals surface area (Å²) in [6, 6.07) is 0.663. The Kier molecular flexibility index (Phi) is 8.87. The highest BCUT2D eigenvalue weighted by Crippen LogP contribution is 2.21. The topological polar surface area (TPSA) is 43.3 Å². The molecular weight excluding hydrogens is 350 g/mol. The predicted molar refractivity (Wildman–Crippen MR) is 117 cm³/mol. The highest BCUT2D eigenvalue weighted by atomic mass is 16.5. The van der Waals surface area contributed by atoms with Crippen LogP contribution in [-0.4, -0.2) is 98.8 Å². The normalized spacial score (nSPS) is 30.8. The fourth-order valence-corrected chi connectivity index (χ4v) is 5.21. The molecule has 3 rings (SSSR count). The average molecular weight is 394 g/mol. The van der Waals surface area contributed by atoms with Gasteiger partial charge in [-0.2, -0.15) is 0 Å². The van der Waals surface area contributed by atoms with E-state index in [0.717, 1.165) is 70.3 Å². The summed E-state index contributed by atoms with van der Waals surface area (Å²) < 4.78 is 5.51. The second kappa shape index (κ2) is 11.4. The Hall–Kier alpha value is -0.850. The van der Waals surface area contributed by atoms with Gasteiger partial charge in [0.2, 0.25) is 0 Å². The van der Waals surface area contributed by atoms with E-state index in [4.69, 9.17) is 9.73 Å². The van der Waals surface area contributed by atoms with Crippen LogP contribution in [0.1, 0.15) is 46.5 Å². The molecule has 0 aromatic carbocycles. The molecule has 3 fully saturated rings. The summed E-state index contributed by atoms with van der Waals surface area (Å²) in [5.74, 6) is 2.84. The summed E-state index contributed by atoms with van der Waals surface area (Å²) in [5, 5.41) is 3.52. The number of hydrogen-bond donors (Lipinski definition) is 1. The van der Waals surface area contributed by atoms with E-state index in [9.17, 15) is 0 Å². The van der Waals surface area contributed by atoms with Crippen LogP contribution in [0.3, 0.4) is 0 Å². The predicted octanol–water partition coefficient (Wildman–Crippen LogP) is 2.12. The molecule has 1 N–H and O–H groups in total. The first-order valence-electron chi connectivity index (χ1n) is 11.7. The minimum Gasteiger partial charge on any atom is -0.379 e. The molecule has 6 heteroatoms. The minimum atomic E-state index is 0.663. The maximum Gasteiger partial charge on any atom is 0.193 e. The van der Waals surface area contributed by atoms with E-state index in [2.05, 4.69) is 40.8 Å². The number of piperidine rings is 1. The van der Waals surface area contributed by atoms with Crippen LogP contribution in [-0.2, 0) is 4.74 Å². The summed E-state index contributed by atoms with van der Waals surface area (Å²) in [4.78, 5) is 12.7. The van der Waals surface area contributed by atoms with E-state index in [1.807, 2.05) is 0 Å². The maximum absolute atomic E-state index is 5.51. The van der Waals surface area contributed by atoms with Crippen molar-refractivity contribution in [2.45, 2.75) is 52.5 Å². The third-order valence-electron chi connectivity index (χ3n) is 6.45. The molecule has 3 aliphatic rings. The molecule has 3 unspecified atom stereocenters. The summed E-state index contributed by atoms with van der Waals surface area (Å²) in [7, 11) is 0. The van der Waals surface area contributed by atoms with E-state index in [0.29, 0.717) is 6.04 Å². The van der Waals surface area contributed by atoms with Gasteiger partial charge in [-0.1, -0.05) is 13.8 Å². The van der Waals surface area contributed by atoms with Gasteiger partial charge in [-0.15, -0.1) is 0 Å². The number of aliphatic imine (C=N–C) groups is 1. The van der Waals surface area contributed by atoms with Crippen LogP contribution >= 0.6 is 0 Å². The van der Waals surface area contributed by atoms with Crippen molar-refractivity contribution in [3.63, 3.8) is 0 Å². The van der Waals surface area contributed by atoms with Crippen molar-refractivity contribution in [3.8, 4) is 0 Å². The number of likely N-dealkylation sites (tertiary alicyclic amines) is 2. The third kappa shape index (κ3) is 6.60. The second-order valence-corrected chi connectivity index (χ2v) is 9.19. The Morgan fingerprint density at radius 3 is 2.50 bits per heavy atom. The van der Waals surface area contributed by atoms with Gasteiger partial charge in [0, 0.05) is 58.4 Å². The number of nitrogens with zero attached hydrogens (tertiary/aromatic N) is 4. The third-order valence-corrected chi connectivity index (χ3v) is 6.45. The first-order valence-corrected chi connectivity index (χ1v) is 11.7. The lowest BCUT2D eigenvalue weighted by molar-refractivity contribution is 0.0195. The number of morpholine rings is 1. The van der Waals surface area contributed by atoms with Crippen molar-refractivity contribution in [2.24, 2.45) is 16.8 Å². The highest BCUT2D eigenvalue weighted by Gasteiger charge is 2.30. The molecule has 6 nitrogen and oxygen atoms in total. The van der Waals surface area contributed by atoms with E-state index in [1.165, 1.54) is 45.3 Å². The van der Waals surface area contributed by atoms with Crippen LogP contribution in [0.5, 0.6) is 0 Å². The van der Waals surface area contributed by atoms with Crippen LogP contribution in [0.25, 0.3) is 0 Å². The van der Waals surface area contributed by atoms with Crippen molar-refractivity contribution in [1.82, 2.24) is 20.0 Å². The van der Waals surface area contributed by atoms with E-state index in [1.54, 1.807) is 0 Å². The summed E-state index contributed by atoms with van der Waals surface area (Å²) >= 11 is 0. The standard InChI is InChI=1S/C22H43N5O/c1-4-23-22(27-10-7-21(18-27)26-11-13-28-14-12-26)24-8-5-6-9-25-16-19(2)15-20(3)17-25/h19-21H,4-18H2,1-3H3,(H,23,24). The van der Waals surface area contributed by atoms with Gasteiger partial charge in [-0.25, -0.2) is 0 Å². The number of nitrogens with one attached hydrogen (secondary N) is 1. The maximum atomic E-state index is 5.51. The van der Waals surface area contributed by atoms with Gasteiger partial charge in [-0.3, -0.25) is 9.89 Å². The van der Waals surface area contributed by atoms with Gasteiger partial charge < -0.3 is 19.9 Å². The van der Waals surface area contributed by atoms with Gasteiger partial charge >= 0.3 is 0 Å². The van der Waals surface area contributed by atoms with Crippen molar-refractivity contribution in [2.75, 3.05) is 72.1 Å². The minimum absolute atomic E-state index is 0.663. The SMILES string of the molecule is CCNC(=NCCCCN1CC(C)CC(C)C1)N1CCC(N2CCOCC2)C1. The first-order chi connectivity index (χ1) is 13.7. The summed E-state index contributed by atoms with van der Waals surface area (Å²) in [6.07, 6.45) is 5.09. The van der Waals surface area contributed by atoms with Crippen LogP contribution in [0.4, 0.5) is 0 Å². The van der Waals surface area contributed by atoms with Crippen LogP contribution in [0, 0.1) is 11.8 Å². The van der Waals surface area contributed by atoms with Crippen molar-refractivity contribution < 1.29 is 4.74 Å². The van der Waals surface area contributed by atoms with Crippen LogP contribution in [0.15, 0.2) is 4.99 Å². The fraction of sp³-hybridized carbons (Fsp3) is 0.955. The number of ether oxygens (including phenoxy) is 1. The molecule has 28 heavy (non-hydrogen) atoms. The lowest BCUT2D eigenvalue weighted by atomic mass is 9.92. The number of guanidine groups is 1. The van der Waals surface area contributed by atoms with E-state index >= 15 is 0 Å². The molecule has 3 saturated heterocycles.